The van der Waals surface area contributed by atoms with E-state index in [1.165, 1.54) is 34.4 Å². The fourth-order valence-electron chi connectivity index (χ4n) is 2.98. The molecule has 0 bridgehead atoms. The van der Waals surface area contributed by atoms with Gasteiger partial charge in [0.15, 0.2) is 0 Å². The molecule has 2 aromatic carbocycles. The average molecular weight is 393 g/mol. The Labute approximate surface area is 164 Å². The van der Waals surface area contributed by atoms with Crippen LogP contribution in [0.5, 0.6) is 0 Å². The lowest BCUT2D eigenvalue weighted by molar-refractivity contribution is -0.116. The number of aromatic nitrogens is 2. The summed E-state index contributed by atoms with van der Waals surface area (Å²) in [5, 5.41) is 5.04. The van der Waals surface area contributed by atoms with Crippen molar-refractivity contribution in [1.29, 1.82) is 0 Å². The number of aryl methyl sites for hydroxylation is 1. The van der Waals surface area contributed by atoms with E-state index in [1.54, 1.807) is 13.0 Å². The molecule has 5 nitrogen and oxygen atoms in total. The lowest BCUT2D eigenvalue weighted by Gasteiger charge is -2.10. The number of carbonyl (C=O) groups excluding carboxylic acids is 1. The summed E-state index contributed by atoms with van der Waals surface area (Å²) in [5.41, 5.74) is 2.56. The summed E-state index contributed by atoms with van der Waals surface area (Å²) in [6, 6.07) is 13.7. The van der Waals surface area contributed by atoms with Crippen molar-refractivity contribution in [2.45, 2.75) is 13.5 Å². The Kier molecular flexibility index (Phi) is 4.75. The van der Waals surface area contributed by atoms with Crippen LogP contribution in [-0.2, 0) is 11.3 Å². The molecule has 0 atom stereocenters. The third-order valence-electron chi connectivity index (χ3n) is 4.43. The monoisotopic (exact) mass is 393 g/mol. The molecule has 0 saturated heterocycles. The van der Waals surface area contributed by atoms with E-state index < -0.39 is 11.7 Å². The number of carbonyl (C=O) groups is 1. The number of rotatable bonds is 4. The van der Waals surface area contributed by atoms with E-state index in [0.717, 1.165) is 16.7 Å². The van der Waals surface area contributed by atoms with Crippen molar-refractivity contribution in [3.63, 3.8) is 0 Å². The Morgan fingerprint density at radius 3 is 2.79 bits per heavy atom. The van der Waals surface area contributed by atoms with Crippen molar-refractivity contribution in [1.82, 2.24) is 9.55 Å². The van der Waals surface area contributed by atoms with Crippen LogP contribution >= 0.6 is 11.3 Å². The van der Waals surface area contributed by atoms with Crippen LogP contribution in [0.1, 0.15) is 5.56 Å². The number of nitrogens with one attached hydrogen (secondary N) is 1. The topological polar surface area (TPSA) is 64.0 Å². The Balaban J connectivity index is 1.66. The van der Waals surface area contributed by atoms with Gasteiger partial charge in [0.05, 0.1) is 11.7 Å². The number of hydrogen-bond acceptors (Lipinski definition) is 4. The quantitative estimate of drug-likeness (QED) is 0.565. The molecule has 0 fully saturated rings. The predicted molar refractivity (Wildman–Crippen MR) is 109 cm³/mol. The molecule has 1 amide bonds. The molecule has 0 spiro atoms. The summed E-state index contributed by atoms with van der Waals surface area (Å²) in [6.07, 6.45) is 1.37. The maximum atomic E-state index is 13.4. The van der Waals surface area contributed by atoms with Crippen molar-refractivity contribution in [2.24, 2.45) is 0 Å². The molecule has 2 aromatic heterocycles. The molecule has 7 heteroatoms. The molecule has 0 saturated carbocycles. The molecule has 4 aromatic rings. The molecule has 0 aliphatic heterocycles. The Morgan fingerprint density at radius 1 is 1.21 bits per heavy atom. The van der Waals surface area contributed by atoms with Crippen molar-refractivity contribution < 1.29 is 9.18 Å². The number of anilines is 1. The van der Waals surface area contributed by atoms with Crippen LogP contribution < -0.4 is 10.9 Å². The average Bonchev–Trinajstić information content (AvgIpc) is 3.12. The van der Waals surface area contributed by atoms with Gasteiger partial charge in [-0.15, -0.1) is 11.3 Å². The van der Waals surface area contributed by atoms with Crippen LogP contribution in [0.3, 0.4) is 0 Å². The molecule has 0 aliphatic rings. The van der Waals surface area contributed by atoms with Gasteiger partial charge in [0.2, 0.25) is 5.91 Å². The number of hydrogen-bond donors (Lipinski definition) is 1. The standard InChI is InChI=1S/C21H16FN3O2S/c1-13-7-8-15(22)9-17(13)24-18(26)10-25-12-23-20-19(21(25)27)16(11-28-20)14-5-3-2-4-6-14/h2-9,11-12H,10H2,1H3,(H,24,26). The van der Waals surface area contributed by atoms with Gasteiger partial charge >= 0.3 is 0 Å². The minimum atomic E-state index is -0.438. The van der Waals surface area contributed by atoms with E-state index in [2.05, 4.69) is 10.3 Å². The summed E-state index contributed by atoms with van der Waals surface area (Å²) in [7, 11) is 0. The molecular formula is C21H16FN3O2S. The summed E-state index contributed by atoms with van der Waals surface area (Å²) in [4.78, 5) is 30.3. The third-order valence-corrected chi connectivity index (χ3v) is 5.32. The smallest absolute Gasteiger partial charge is 0.263 e. The highest BCUT2D eigenvalue weighted by Crippen LogP contribution is 2.30. The van der Waals surface area contributed by atoms with Crippen LogP contribution in [0.2, 0.25) is 0 Å². The highest BCUT2D eigenvalue weighted by molar-refractivity contribution is 7.17. The summed E-state index contributed by atoms with van der Waals surface area (Å²) in [5.74, 6) is -0.861. The number of halogens is 1. The zero-order chi connectivity index (χ0) is 19.7. The maximum absolute atomic E-state index is 13.4. The lowest BCUT2D eigenvalue weighted by Crippen LogP contribution is -2.28. The van der Waals surface area contributed by atoms with Crippen LogP contribution in [-0.4, -0.2) is 15.5 Å². The Morgan fingerprint density at radius 2 is 2.00 bits per heavy atom. The van der Waals surface area contributed by atoms with E-state index in [4.69, 9.17) is 0 Å². The minimum Gasteiger partial charge on any atom is -0.324 e. The molecule has 0 aliphatic carbocycles. The largest absolute Gasteiger partial charge is 0.324 e. The molecule has 28 heavy (non-hydrogen) atoms. The van der Waals surface area contributed by atoms with Crippen molar-refractivity contribution in [3.8, 4) is 11.1 Å². The first-order valence-electron chi connectivity index (χ1n) is 8.61. The van der Waals surface area contributed by atoms with Crippen LogP contribution in [0.4, 0.5) is 10.1 Å². The number of amides is 1. The summed E-state index contributed by atoms with van der Waals surface area (Å²) < 4.78 is 14.7. The second-order valence-electron chi connectivity index (χ2n) is 6.38. The highest BCUT2D eigenvalue weighted by atomic mass is 32.1. The molecule has 2 heterocycles. The van der Waals surface area contributed by atoms with Gasteiger partial charge in [-0.1, -0.05) is 36.4 Å². The third kappa shape index (κ3) is 3.44. The molecule has 4 rings (SSSR count). The maximum Gasteiger partial charge on any atom is 0.263 e. The van der Waals surface area contributed by atoms with Crippen LogP contribution in [0.15, 0.2) is 65.0 Å². The highest BCUT2D eigenvalue weighted by Gasteiger charge is 2.15. The van der Waals surface area contributed by atoms with Gasteiger partial charge < -0.3 is 5.32 Å². The van der Waals surface area contributed by atoms with Gasteiger partial charge in [-0.25, -0.2) is 9.37 Å². The van der Waals surface area contributed by atoms with E-state index in [-0.39, 0.29) is 12.1 Å². The van der Waals surface area contributed by atoms with Gasteiger partial charge in [0.25, 0.3) is 5.56 Å². The first-order valence-corrected chi connectivity index (χ1v) is 9.49. The normalized spacial score (nSPS) is 10.9. The lowest BCUT2D eigenvalue weighted by atomic mass is 10.1. The van der Waals surface area contributed by atoms with E-state index in [1.807, 2.05) is 35.7 Å². The Hall–Kier alpha value is -3.32. The number of benzene rings is 2. The van der Waals surface area contributed by atoms with Gasteiger partial charge in [-0.05, 0) is 30.2 Å². The molecule has 0 radical (unpaired) electrons. The van der Waals surface area contributed by atoms with Crippen molar-refractivity contribution in [2.75, 3.05) is 5.32 Å². The SMILES string of the molecule is Cc1ccc(F)cc1NC(=O)Cn1cnc2scc(-c3ccccc3)c2c1=O. The molecule has 140 valence electrons. The van der Waals surface area contributed by atoms with E-state index in [9.17, 15) is 14.0 Å². The van der Waals surface area contributed by atoms with E-state index in [0.29, 0.717) is 15.9 Å². The Bertz CT molecular complexity index is 1230. The second kappa shape index (κ2) is 7.36. The molecule has 1 N–H and O–H groups in total. The molecule has 0 unspecified atom stereocenters. The molecular weight excluding hydrogens is 377 g/mol. The zero-order valence-electron chi connectivity index (χ0n) is 15.0. The number of fused-ring (bicyclic) bond motifs is 1. The minimum absolute atomic E-state index is 0.207. The fourth-order valence-corrected chi connectivity index (χ4v) is 3.89. The van der Waals surface area contributed by atoms with Gasteiger partial charge in [0, 0.05) is 16.6 Å². The van der Waals surface area contributed by atoms with Gasteiger partial charge in [-0.3, -0.25) is 14.2 Å². The second-order valence-corrected chi connectivity index (χ2v) is 7.24. The van der Waals surface area contributed by atoms with E-state index >= 15 is 0 Å². The van der Waals surface area contributed by atoms with Gasteiger partial charge in [-0.2, -0.15) is 0 Å². The summed E-state index contributed by atoms with van der Waals surface area (Å²) >= 11 is 1.39. The number of thiophene rings is 1. The fraction of sp³-hybridized carbons (Fsp3) is 0.0952. The van der Waals surface area contributed by atoms with Gasteiger partial charge in [0.1, 0.15) is 17.2 Å². The number of nitrogens with zero attached hydrogens (tertiary/aromatic N) is 2. The predicted octanol–water partition coefficient (Wildman–Crippen LogP) is 4.21. The first-order chi connectivity index (χ1) is 13.5. The van der Waals surface area contributed by atoms with Crippen LogP contribution in [0, 0.1) is 12.7 Å². The first kappa shape index (κ1) is 18.1. The zero-order valence-corrected chi connectivity index (χ0v) is 15.8. The summed E-state index contributed by atoms with van der Waals surface area (Å²) in [6.45, 7) is 1.56. The van der Waals surface area contributed by atoms with Crippen molar-refractivity contribution in [3.05, 3.63) is 82.0 Å². The van der Waals surface area contributed by atoms with Crippen molar-refractivity contribution >= 4 is 33.1 Å². The van der Waals surface area contributed by atoms with Crippen LogP contribution in [0.25, 0.3) is 21.3 Å².